The molecule has 4 rings (SSSR count). The molecule has 3 aromatic carbocycles. The summed E-state index contributed by atoms with van der Waals surface area (Å²) in [4.78, 5) is 2.47. The Morgan fingerprint density at radius 3 is 2.17 bits per heavy atom. The summed E-state index contributed by atoms with van der Waals surface area (Å²) < 4.78 is 29.2. The van der Waals surface area contributed by atoms with Crippen molar-refractivity contribution in [1.82, 2.24) is 10.2 Å². The van der Waals surface area contributed by atoms with Crippen molar-refractivity contribution in [2.75, 3.05) is 54.6 Å². The van der Waals surface area contributed by atoms with E-state index in [2.05, 4.69) is 16.3 Å². The molecule has 0 amide bonds. The van der Waals surface area contributed by atoms with Gasteiger partial charge in [0.05, 0.1) is 34.5 Å². The number of benzene rings is 3. The first kappa shape index (κ1) is 25.7. The van der Waals surface area contributed by atoms with Crippen molar-refractivity contribution < 1.29 is 23.7 Å². The molecule has 192 valence electrons. The molecule has 1 heterocycles. The molecule has 36 heavy (non-hydrogen) atoms. The molecule has 7 heteroatoms. The lowest BCUT2D eigenvalue weighted by atomic mass is 9.94. The molecule has 1 aliphatic heterocycles. The van der Waals surface area contributed by atoms with Crippen LogP contribution in [-0.4, -0.2) is 59.5 Å². The van der Waals surface area contributed by atoms with E-state index in [4.69, 9.17) is 23.7 Å². The number of nitrogens with zero attached hydrogens (tertiary/aromatic N) is 1. The highest BCUT2D eigenvalue weighted by atomic mass is 16.5. The highest BCUT2D eigenvalue weighted by Gasteiger charge is 2.29. The van der Waals surface area contributed by atoms with Crippen LogP contribution in [0.1, 0.15) is 29.2 Å². The van der Waals surface area contributed by atoms with Crippen LogP contribution in [0.3, 0.4) is 0 Å². The van der Waals surface area contributed by atoms with E-state index in [1.807, 2.05) is 54.6 Å². The standard InChI is InChI=1S/C29H36N2O5/c1-32-23-11-12-25(33-2)24(19-23)28(31-15-8-13-30-14-16-31)22-17-26(34-3)29(27(18-22)35-4)36-20-21-9-6-5-7-10-21/h5-7,9-12,17-19,28,30H,8,13-16,20H2,1-4H3. The van der Waals surface area contributed by atoms with E-state index < -0.39 is 0 Å². The number of nitrogens with one attached hydrogen (secondary N) is 1. The van der Waals surface area contributed by atoms with Gasteiger partial charge >= 0.3 is 0 Å². The summed E-state index contributed by atoms with van der Waals surface area (Å²) in [6.45, 7) is 4.15. The predicted octanol–water partition coefficient (Wildman–Crippen LogP) is 4.68. The molecule has 1 fully saturated rings. The average molecular weight is 493 g/mol. The van der Waals surface area contributed by atoms with Gasteiger partial charge < -0.3 is 29.0 Å². The second kappa shape index (κ2) is 12.5. The van der Waals surface area contributed by atoms with Gasteiger partial charge in [-0.3, -0.25) is 4.90 Å². The maximum atomic E-state index is 6.21. The van der Waals surface area contributed by atoms with Crippen LogP contribution in [0.25, 0.3) is 0 Å². The third kappa shape index (κ3) is 5.86. The topological polar surface area (TPSA) is 61.4 Å². The van der Waals surface area contributed by atoms with Crippen LogP contribution >= 0.6 is 0 Å². The number of ether oxygens (including phenoxy) is 5. The van der Waals surface area contributed by atoms with Gasteiger partial charge in [0.1, 0.15) is 18.1 Å². The number of hydrogen-bond acceptors (Lipinski definition) is 7. The first-order chi connectivity index (χ1) is 17.7. The van der Waals surface area contributed by atoms with Crippen LogP contribution < -0.4 is 29.0 Å². The minimum atomic E-state index is -0.0964. The lowest BCUT2D eigenvalue weighted by Gasteiger charge is -2.33. The first-order valence-electron chi connectivity index (χ1n) is 12.3. The highest BCUT2D eigenvalue weighted by Crippen LogP contribution is 2.45. The molecule has 3 aromatic rings. The van der Waals surface area contributed by atoms with Gasteiger partial charge in [0.25, 0.3) is 0 Å². The molecule has 0 radical (unpaired) electrons. The Balaban J connectivity index is 1.79. The zero-order valence-corrected chi connectivity index (χ0v) is 21.6. The summed E-state index contributed by atoms with van der Waals surface area (Å²) in [6.07, 6.45) is 1.05. The zero-order chi connectivity index (χ0) is 25.3. The van der Waals surface area contributed by atoms with Gasteiger partial charge in [0, 0.05) is 25.2 Å². The van der Waals surface area contributed by atoms with E-state index in [0.717, 1.165) is 60.8 Å². The van der Waals surface area contributed by atoms with Crippen molar-refractivity contribution in [2.45, 2.75) is 19.1 Å². The molecule has 0 saturated carbocycles. The second-order valence-corrected chi connectivity index (χ2v) is 8.68. The summed E-state index contributed by atoms with van der Waals surface area (Å²) in [5.41, 5.74) is 3.13. The second-order valence-electron chi connectivity index (χ2n) is 8.68. The monoisotopic (exact) mass is 492 g/mol. The molecule has 1 aliphatic rings. The van der Waals surface area contributed by atoms with E-state index in [0.29, 0.717) is 23.9 Å². The third-order valence-corrected chi connectivity index (χ3v) is 6.50. The van der Waals surface area contributed by atoms with Crippen LogP contribution in [0.15, 0.2) is 60.7 Å². The Bertz CT molecular complexity index is 1090. The van der Waals surface area contributed by atoms with Crippen molar-refractivity contribution in [3.63, 3.8) is 0 Å². The number of methoxy groups -OCH3 is 4. The van der Waals surface area contributed by atoms with Gasteiger partial charge in [0.15, 0.2) is 11.5 Å². The largest absolute Gasteiger partial charge is 0.497 e. The van der Waals surface area contributed by atoms with Gasteiger partial charge in [-0.2, -0.15) is 0 Å². The molecule has 0 spiro atoms. The van der Waals surface area contributed by atoms with Crippen LogP contribution in [-0.2, 0) is 6.61 Å². The Hall–Kier alpha value is -3.42. The fourth-order valence-corrected chi connectivity index (χ4v) is 4.70. The van der Waals surface area contributed by atoms with Gasteiger partial charge in [-0.15, -0.1) is 0 Å². The molecule has 0 aliphatic carbocycles. The average Bonchev–Trinajstić information content (AvgIpc) is 3.21. The van der Waals surface area contributed by atoms with Crippen LogP contribution in [0.2, 0.25) is 0 Å². The van der Waals surface area contributed by atoms with Gasteiger partial charge in [0.2, 0.25) is 5.75 Å². The Kier molecular flexibility index (Phi) is 8.92. The molecule has 0 aromatic heterocycles. The van der Waals surface area contributed by atoms with Crippen molar-refractivity contribution in [2.24, 2.45) is 0 Å². The summed E-state index contributed by atoms with van der Waals surface area (Å²) in [7, 11) is 6.70. The van der Waals surface area contributed by atoms with E-state index in [1.54, 1.807) is 28.4 Å². The predicted molar refractivity (Wildman–Crippen MR) is 141 cm³/mol. The van der Waals surface area contributed by atoms with Crippen molar-refractivity contribution in [3.05, 3.63) is 77.4 Å². The molecular formula is C29H36N2O5. The smallest absolute Gasteiger partial charge is 0.203 e. The highest BCUT2D eigenvalue weighted by molar-refractivity contribution is 5.57. The van der Waals surface area contributed by atoms with Crippen LogP contribution in [0.4, 0.5) is 0 Å². The molecule has 1 atom stereocenters. The van der Waals surface area contributed by atoms with Crippen LogP contribution in [0, 0.1) is 0 Å². The summed E-state index contributed by atoms with van der Waals surface area (Å²) in [6, 6.07) is 20.0. The maximum absolute atomic E-state index is 6.21. The van der Waals surface area contributed by atoms with Crippen molar-refractivity contribution in [3.8, 4) is 28.7 Å². The normalized spacial score (nSPS) is 15.0. The van der Waals surface area contributed by atoms with Crippen molar-refractivity contribution >= 4 is 0 Å². The number of hydrogen-bond donors (Lipinski definition) is 1. The lowest BCUT2D eigenvalue weighted by Crippen LogP contribution is -2.33. The van der Waals surface area contributed by atoms with Gasteiger partial charge in [-0.1, -0.05) is 30.3 Å². The van der Waals surface area contributed by atoms with Gasteiger partial charge in [-0.05, 0) is 54.4 Å². The van der Waals surface area contributed by atoms with Gasteiger partial charge in [-0.25, -0.2) is 0 Å². The molecule has 1 N–H and O–H groups in total. The van der Waals surface area contributed by atoms with E-state index in [9.17, 15) is 0 Å². The maximum Gasteiger partial charge on any atom is 0.203 e. The molecule has 1 unspecified atom stereocenters. The third-order valence-electron chi connectivity index (χ3n) is 6.50. The molecule has 0 bridgehead atoms. The van der Waals surface area contributed by atoms with E-state index in [-0.39, 0.29) is 6.04 Å². The first-order valence-corrected chi connectivity index (χ1v) is 12.3. The zero-order valence-electron chi connectivity index (χ0n) is 21.6. The summed E-state index contributed by atoms with van der Waals surface area (Å²) >= 11 is 0. The Morgan fingerprint density at radius 1 is 0.778 bits per heavy atom. The summed E-state index contributed by atoms with van der Waals surface area (Å²) in [5, 5.41) is 3.51. The van der Waals surface area contributed by atoms with E-state index >= 15 is 0 Å². The van der Waals surface area contributed by atoms with E-state index in [1.165, 1.54) is 0 Å². The summed E-state index contributed by atoms with van der Waals surface area (Å²) in [5.74, 6) is 3.42. The van der Waals surface area contributed by atoms with Crippen LogP contribution in [0.5, 0.6) is 28.7 Å². The quantitative estimate of drug-likeness (QED) is 0.441. The minimum absolute atomic E-state index is 0.0964. The fourth-order valence-electron chi connectivity index (χ4n) is 4.70. The minimum Gasteiger partial charge on any atom is -0.497 e. The van der Waals surface area contributed by atoms with Crippen molar-refractivity contribution in [1.29, 1.82) is 0 Å². The Morgan fingerprint density at radius 2 is 1.50 bits per heavy atom. The molecular weight excluding hydrogens is 456 g/mol. The fraction of sp³-hybridized carbons (Fsp3) is 0.379. The lowest BCUT2D eigenvalue weighted by molar-refractivity contribution is 0.232. The molecule has 7 nitrogen and oxygen atoms in total. The molecule has 1 saturated heterocycles. The Labute approximate surface area is 213 Å². The number of rotatable bonds is 10. The SMILES string of the molecule is COc1ccc(OC)c(C(c2cc(OC)c(OCc3ccccc3)c(OC)c2)N2CCCNCC2)c1.